The Hall–Kier alpha value is -2.08. The fourth-order valence-electron chi connectivity index (χ4n) is 2.92. The van der Waals surface area contributed by atoms with E-state index in [1.54, 1.807) is 6.07 Å². The van der Waals surface area contributed by atoms with Gasteiger partial charge in [0.25, 0.3) is 5.91 Å². The fourth-order valence-corrected chi connectivity index (χ4v) is 2.92. The van der Waals surface area contributed by atoms with E-state index in [2.05, 4.69) is 5.32 Å². The zero-order valence-electron chi connectivity index (χ0n) is 11.7. The summed E-state index contributed by atoms with van der Waals surface area (Å²) in [6.45, 7) is 1.64. The molecule has 1 aromatic carbocycles. The maximum absolute atomic E-state index is 12.8. The number of nitrogens with one attached hydrogen (secondary N) is 1. The third kappa shape index (κ3) is 2.58. The highest BCUT2D eigenvalue weighted by Crippen LogP contribution is 2.27. The van der Waals surface area contributed by atoms with E-state index in [9.17, 15) is 14.7 Å². The Labute approximate surface area is 122 Å². The molecule has 2 N–H and O–H groups in total. The van der Waals surface area contributed by atoms with Gasteiger partial charge in [-0.2, -0.15) is 0 Å². The molecule has 0 spiro atoms. The standard InChI is InChI=1S/C15H18N2O4/c18-14(17-7-8-21-9-13(17)15(19)20)11-3-1-5-12-10(11)4-2-6-16-12/h1,3,5,13,16H,2,4,6-9H2,(H,19,20). The number of aliphatic carboxylic acids is 1. The number of carboxylic acid groups (broad SMARTS) is 1. The number of carboxylic acids is 1. The highest BCUT2D eigenvalue weighted by Gasteiger charge is 2.34. The number of rotatable bonds is 2. The molecule has 0 bridgehead atoms. The van der Waals surface area contributed by atoms with Crippen LogP contribution in [-0.2, 0) is 16.0 Å². The van der Waals surface area contributed by atoms with E-state index in [1.165, 1.54) is 4.90 Å². The Morgan fingerprint density at radius 2 is 2.24 bits per heavy atom. The van der Waals surface area contributed by atoms with Crippen molar-refractivity contribution in [2.45, 2.75) is 18.9 Å². The van der Waals surface area contributed by atoms with Crippen LogP contribution in [0.1, 0.15) is 22.3 Å². The Kier molecular flexibility index (Phi) is 3.79. The maximum atomic E-state index is 12.8. The molecule has 1 fully saturated rings. The summed E-state index contributed by atoms with van der Waals surface area (Å²) in [5.41, 5.74) is 2.57. The summed E-state index contributed by atoms with van der Waals surface area (Å²) in [5.74, 6) is -1.24. The van der Waals surface area contributed by atoms with Crippen LogP contribution in [0.4, 0.5) is 5.69 Å². The molecule has 1 amide bonds. The first-order valence-electron chi connectivity index (χ1n) is 7.16. The number of amides is 1. The first kappa shape index (κ1) is 13.9. The molecule has 1 saturated heterocycles. The van der Waals surface area contributed by atoms with Crippen molar-refractivity contribution in [2.24, 2.45) is 0 Å². The van der Waals surface area contributed by atoms with Crippen molar-refractivity contribution >= 4 is 17.6 Å². The molecule has 3 rings (SSSR count). The molecular weight excluding hydrogens is 272 g/mol. The van der Waals surface area contributed by atoms with Crippen LogP contribution in [0.2, 0.25) is 0 Å². The van der Waals surface area contributed by atoms with E-state index in [1.807, 2.05) is 12.1 Å². The van der Waals surface area contributed by atoms with Crippen molar-refractivity contribution in [1.29, 1.82) is 0 Å². The molecule has 1 unspecified atom stereocenters. The molecule has 1 atom stereocenters. The number of carbonyl (C=O) groups is 2. The van der Waals surface area contributed by atoms with Crippen LogP contribution in [0, 0.1) is 0 Å². The van der Waals surface area contributed by atoms with Crippen molar-refractivity contribution < 1.29 is 19.4 Å². The molecule has 1 aromatic rings. The van der Waals surface area contributed by atoms with Crippen molar-refractivity contribution in [3.63, 3.8) is 0 Å². The number of ether oxygens (including phenoxy) is 1. The van der Waals surface area contributed by atoms with Gasteiger partial charge in [-0.3, -0.25) is 4.79 Å². The van der Waals surface area contributed by atoms with Crippen LogP contribution in [-0.4, -0.2) is 54.2 Å². The SMILES string of the molecule is O=C(O)C1COCCN1C(=O)c1cccc2c1CCCN2. The third-order valence-corrected chi connectivity index (χ3v) is 4.00. The topological polar surface area (TPSA) is 78.9 Å². The minimum Gasteiger partial charge on any atom is -0.480 e. The number of nitrogens with zero attached hydrogens (tertiary/aromatic N) is 1. The molecule has 0 aliphatic carbocycles. The molecule has 2 aliphatic heterocycles. The van der Waals surface area contributed by atoms with Gasteiger partial charge in [0.15, 0.2) is 6.04 Å². The maximum Gasteiger partial charge on any atom is 0.328 e. The number of fused-ring (bicyclic) bond motifs is 1. The Morgan fingerprint density at radius 3 is 3.05 bits per heavy atom. The van der Waals surface area contributed by atoms with Gasteiger partial charge in [0.1, 0.15) is 0 Å². The largest absolute Gasteiger partial charge is 0.480 e. The Balaban J connectivity index is 1.92. The molecular formula is C15H18N2O4. The Morgan fingerprint density at radius 1 is 1.38 bits per heavy atom. The lowest BCUT2D eigenvalue weighted by atomic mass is 9.96. The summed E-state index contributed by atoms with van der Waals surface area (Å²) in [7, 11) is 0. The number of hydrogen-bond acceptors (Lipinski definition) is 4. The van der Waals surface area contributed by atoms with Crippen molar-refractivity contribution in [2.75, 3.05) is 31.6 Å². The summed E-state index contributed by atoms with van der Waals surface area (Å²) in [6.07, 6.45) is 1.81. The summed E-state index contributed by atoms with van der Waals surface area (Å²) < 4.78 is 5.19. The van der Waals surface area contributed by atoms with Gasteiger partial charge in [0.05, 0.1) is 13.2 Å². The molecule has 0 radical (unpaired) electrons. The molecule has 6 heteroatoms. The molecule has 6 nitrogen and oxygen atoms in total. The molecule has 2 heterocycles. The van der Waals surface area contributed by atoms with Crippen molar-refractivity contribution in [3.8, 4) is 0 Å². The smallest absolute Gasteiger partial charge is 0.328 e. The predicted molar refractivity (Wildman–Crippen MR) is 76.5 cm³/mol. The first-order chi connectivity index (χ1) is 10.2. The van der Waals surface area contributed by atoms with Gasteiger partial charge in [-0.15, -0.1) is 0 Å². The van der Waals surface area contributed by atoms with E-state index < -0.39 is 12.0 Å². The normalized spacial score (nSPS) is 21.3. The molecule has 0 saturated carbocycles. The lowest BCUT2D eigenvalue weighted by Crippen LogP contribution is -2.52. The minimum absolute atomic E-state index is 0.0499. The number of hydrogen-bond donors (Lipinski definition) is 2. The predicted octanol–water partition coefficient (Wildman–Crippen LogP) is 0.970. The molecule has 112 valence electrons. The van der Waals surface area contributed by atoms with Crippen LogP contribution < -0.4 is 5.32 Å². The van der Waals surface area contributed by atoms with Gasteiger partial charge >= 0.3 is 5.97 Å². The molecule has 2 aliphatic rings. The van der Waals surface area contributed by atoms with Crippen molar-refractivity contribution in [1.82, 2.24) is 4.90 Å². The van der Waals surface area contributed by atoms with Crippen LogP contribution in [0.15, 0.2) is 18.2 Å². The van der Waals surface area contributed by atoms with E-state index in [0.29, 0.717) is 18.7 Å². The second kappa shape index (κ2) is 5.73. The number of carbonyl (C=O) groups excluding carboxylic acids is 1. The van der Waals surface area contributed by atoms with Crippen molar-refractivity contribution in [3.05, 3.63) is 29.3 Å². The van der Waals surface area contributed by atoms with Crippen LogP contribution in [0.5, 0.6) is 0 Å². The van der Waals surface area contributed by atoms with Crippen LogP contribution >= 0.6 is 0 Å². The minimum atomic E-state index is -1.02. The Bertz CT molecular complexity index is 573. The van der Waals surface area contributed by atoms with Crippen LogP contribution in [0.25, 0.3) is 0 Å². The van der Waals surface area contributed by atoms with E-state index in [0.717, 1.165) is 30.6 Å². The number of benzene rings is 1. The second-order valence-electron chi connectivity index (χ2n) is 5.29. The lowest BCUT2D eigenvalue weighted by molar-refractivity contribution is -0.147. The highest BCUT2D eigenvalue weighted by molar-refractivity contribution is 5.99. The molecule has 21 heavy (non-hydrogen) atoms. The zero-order valence-corrected chi connectivity index (χ0v) is 11.7. The van der Waals surface area contributed by atoms with Gasteiger partial charge < -0.3 is 20.1 Å². The first-order valence-corrected chi connectivity index (χ1v) is 7.16. The lowest BCUT2D eigenvalue weighted by Gasteiger charge is -2.34. The zero-order chi connectivity index (χ0) is 14.8. The average Bonchev–Trinajstić information content (AvgIpc) is 2.53. The summed E-state index contributed by atoms with van der Waals surface area (Å²) in [5, 5.41) is 12.5. The van der Waals surface area contributed by atoms with E-state index in [4.69, 9.17) is 4.74 Å². The summed E-state index contributed by atoms with van der Waals surface area (Å²) in [4.78, 5) is 25.5. The fraction of sp³-hybridized carbons (Fsp3) is 0.467. The third-order valence-electron chi connectivity index (χ3n) is 4.00. The van der Waals surface area contributed by atoms with Gasteiger partial charge in [-0.1, -0.05) is 6.07 Å². The second-order valence-corrected chi connectivity index (χ2v) is 5.29. The van der Waals surface area contributed by atoms with Gasteiger partial charge in [-0.25, -0.2) is 4.79 Å². The number of morpholine rings is 1. The van der Waals surface area contributed by atoms with E-state index in [-0.39, 0.29) is 12.5 Å². The van der Waals surface area contributed by atoms with Gasteiger partial charge in [-0.05, 0) is 30.5 Å². The summed E-state index contributed by atoms with van der Waals surface area (Å²) >= 11 is 0. The summed E-state index contributed by atoms with van der Waals surface area (Å²) in [6, 6.07) is 4.67. The molecule has 0 aromatic heterocycles. The van der Waals surface area contributed by atoms with Gasteiger partial charge in [0.2, 0.25) is 0 Å². The average molecular weight is 290 g/mol. The van der Waals surface area contributed by atoms with E-state index >= 15 is 0 Å². The highest BCUT2D eigenvalue weighted by atomic mass is 16.5. The monoisotopic (exact) mass is 290 g/mol. The van der Waals surface area contributed by atoms with Crippen LogP contribution in [0.3, 0.4) is 0 Å². The number of anilines is 1. The van der Waals surface area contributed by atoms with Gasteiger partial charge in [0, 0.05) is 24.3 Å². The quantitative estimate of drug-likeness (QED) is 0.848.